The van der Waals surface area contributed by atoms with Crippen LogP contribution in [0.4, 0.5) is 0 Å². The number of halogens is 1. The number of nitrogens with zero attached hydrogens (tertiary/aromatic N) is 4. The summed E-state index contributed by atoms with van der Waals surface area (Å²) in [6.07, 6.45) is 6.15. The van der Waals surface area contributed by atoms with E-state index >= 15 is 0 Å². The van der Waals surface area contributed by atoms with Crippen LogP contribution in [0.3, 0.4) is 0 Å². The van der Waals surface area contributed by atoms with Crippen molar-refractivity contribution in [1.82, 2.24) is 8.93 Å². The molecule has 1 aliphatic heterocycles. The van der Waals surface area contributed by atoms with Crippen molar-refractivity contribution in [3.05, 3.63) is 0 Å². The molecule has 4 nitrogen and oxygen atoms in total. The molecule has 0 aliphatic carbocycles. The van der Waals surface area contributed by atoms with E-state index in [-0.39, 0.29) is 6.17 Å². The van der Waals surface area contributed by atoms with Crippen LogP contribution in [0.5, 0.6) is 0 Å². The maximum absolute atomic E-state index is 8.87. The topological polar surface area (TPSA) is 42.6 Å². The molecule has 14 heavy (non-hydrogen) atoms. The molecule has 0 spiro atoms. The fourth-order valence-corrected chi connectivity index (χ4v) is 1.76. The number of rotatable bonds is 5. The van der Waals surface area contributed by atoms with Gasteiger partial charge in [-0.05, 0) is 6.42 Å². The van der Waals surface area contributed by atoms with Crippen LogP contribution in [-0.2, 0) is 0 Å². The molecule has 0 radical (unpaired) electrons. The quantitative estimate of drug-likeness (QED) is 0.562. The number of hydrogen-bond acceptors (Lipinski definition) is 4. The molecule has 0 aromatic rings. The number of nitriles is 1. The monoisotopic (exact) mass is 258 g/mol. The van der Waals surface area contributed by atoms with E-state index in [0.717, 1.165) is 13.0 Å². The normalized spacial score (nSPS) is 20.2. The molecule has 1 aliphatic rings. The van der Waals surface area contributed by atoms with Gasteiger partial charge in [0.05, 0.1) is 16.1 Å². The lowest BCUT2D eigenvalue weighted by atomic mass is 10.2. The van der Waals surface area contributed by atoms with Gasteiger partial charge < -0.3 is 0 Å². The van der Waals surface area contributed by atoms with Gasteiger partial charge in [-0.15, -0.1) is 0 Å². The lowest BCUT2D eigenvalue weighted by Crippen LogP contribution is -2.33. The zero-order chi connectivity index (χ0) is 10.4. The molecule has 78 valence electrons. The maximum atomic E-state index is 8.87. The first-order valence-electron chi connectivity index (χ1n) is 4.94. The van der Waals surface area contributed by atoms with E-state index in [0.29, 0.717) is 0 Å². The molecule has 0 aromatic carbocycles. The Kier molecular flexibility index (Phi) is 4.74. The maximum Gasteiger partial charge on any atom is 0.217 e. The predicted molar refractivity (Wildman–Crippen MR) is 59.5 cm³/mol. The Balaban J connectivity index is 2.25. The van der Waals surface area contributed by atoms with Gasteiger partial charge in [0.25, 0.3) is 0 Å². The SMILES string of the molecule is CCCCCCN1N=CN(Br)C1C#N. The molecule has 0 amide bonds. The van der Waals surface area contributed by atoms with Crippen LogP contribution < -0.4 is 0 Å². The van der Waals surface area contributed by atoms with Crippen LogP contribution in [0.15, 0.2) is 5.10 Å². The molecule has 1 atom stereocenters. The second-order valence-electron chi connectivity index (χ2n) is 3.30. The highest BCUT2D eigenvalue weighted by molar-refractivity contribution is 9.07. The summed E-state index contributed by atoms with van der Waals surface area (Å²) in [7, 11) is 0. The third-order valence-corrected chi connectivity index (χ3v) is 2.75. The first-order valence-corrected chi connectivity index (χ1v) is 5.65. The zero-order valence-electron chi connectivity index (χ0n) is 8.36. The highest BCUT2D eigenvalue weighted by Crippen LogP contribution is 2.16. The van der Waals surface area contributed by atoms with Gasteiger partial charge in [0.15, 0.2) is 0 Å². The number of unbranched alkanes of at least 4 members (excludes halogenated alkanes) is 3. The minimum Gasteiger partial charge on any atom is -0.261 e. The summed E-state index contributed by atoms with van der Waals surface area (Å²) in [5.74, 6) is 0. The van der Waals surface area contributed by atoms with Crippen LogP contribution in [0.1, 0.15) is 32.6 Å². The summed E-state index contributed by atoms with van der Waals surface area (Å²) in [5, 5.41) is 14.8. The molecule has 0 saturated carbocycles. The summed E-state index contributed by atoms with van der Waals surface area (Å²) in [5.41, 5.74) is 0. The van der Waals surface area contributed by atoms with Crippen molar-refractivity contribution in [3.8, 4) is 6.07 Å². The summed E-state index contributed by atoms with van der Waals surface area (Å²) in [6.45, 7) is 3.04. The van der Waals surface area contributed by atoms with Crippen LogP contribution in [0, 0.1) is 11.3 Å². The van der Waals surface area contributed by atoms with Gasteiger partial charge in [0, 0.05) is 6.54 Å². The summed E-state index contributed by atoms with van der Waals surface area (Å²) >= 11 is 3.25. The Morgan fingerprint density at radius 1 is 1.50 bits per heavy atom. The van der Waals surface area contributed by atoms with E-state index in [1.54, 1.807) is 10.3 Å². The summed E-state index contributed by atoms with van der Waals surface area (Å²) in [6, 6.07) is 2.18. The van der Waals surface area contributed by atoms with Gasteiger partial charge in [-0.2, -0.15) is 10.4 Å². The summed E-state index contributed by atoms with van der Waals surface area (Å²) < 4.78 is 1.65. The molecule has 0 fully saturated rings. The predicted octanol–water partition coefficient (Wildman–Crippen LogP) is 2.29. The van der Waals surface area contributed by atoms with Crippen molar-refractivity contribution in [3.63, 3.8) is 0 Å². The summed E-state index contributed by atoms with van der Waals surface area (Å²) in [4.78, 5) is 0. The lowest BCUT2D eigenvalue weighted by Gasteiger charge is -2.20. The zero-order valence-corrected chi connectivity index (χ0v) is 9.94. The first-order chi connectivity index (χ1) is 6.79. The van der Waals surface area contributed by atoms with E-state index in [1.807, 2.05) is 5.01 Å². The third kappa shape index (κ3) is 2.88. The van der Waals surface area contributed by atoms with E-state index in [4.69, 9.17) is 5.26 Å². The second kappa shape index (κ2) is 5.86. The van der Waals surface area contributed by atoms with Crippen LogP contribution in [0.2, 0.25) is 0 Å². The molecule has 1 rings (SSSR count). The van der Waals surface area contributed by atoms with Gasteiger partial charge in [0.1, 0.15) is 12.4 Å². The van der Waals surface area contributed by atoms with Gasteiger partial charge in [-0.25, -0.2) is 0 Å². The largest absolute Gasteiger partial charge is 0.261 e. The van der Waals surface area contributed by atoms with Crippen molar-refractivity contribution < 1.29 is 0 Å². The average Bonchev–Trinajstić information content (AvgIpc) is 2.54. The van der Waals surface area contributed by atoms with Crippen molar-refractivity contribution >= 4 is 22.5 Å². The molecular weight excluding hydrogens is 244 g/mol. The number of hydrazone groups is 1. The Bertz CT molecular complexity index is 235. The van der Waals surface area contributed by atoms with Crippen LogP contribution in [-0.4, -0.2) is 28.0 Å². The molecule has 0 aromatic heterocycles. The van der Waals surface area contributed by atoms with Crippen molar-refractivity contribution in [2.45, 2.75) is 38.8 Å². The van der Waals surface area contributed by atoms with E-state index in [9.17, 15) is 0 Å². The third-order valence-electron chi connectivity index (χ3n) is 2.18. The van der Waals surface area contributed by atoms with Gasteiger partial charge in [0.2, 0.25) is 6.17 Å². The average molecular weight is 259 g/mol. The number of hydrogen-bond donors (Lipinski definition) is 0. The standard InChI is InChI=1S/C9H15BrN4/c1-2-3-4-5-6-14-9(7-11)13(10)8-12-14/h8-9H,2-6H2,1H3. The van der Waals surface area contributed by atoms with Crippen LogP contribution in [0.25, 0.3) is 0 Å². The second-order valence-corrected chi connectivity index (χ2v) is 4.12. The minimum atomic E-state index is -0.281. The van der Waals surface area contributed by atoms with E-state index < -0.39 is 0 Å². The lowest BCUT2D eigenvalue weighted by molar-refractivity contribution is 0.224. The Morgan fingerprint density at radius 2 is 2.29 bits per heavy atom. The van der Waals surface area contributed by atoms with Crippen LogP contribution >= 0.6 is 16.1 Å². The van der Waals surface area contributed by atoms with Crippen molar-refractivity contribution in [2.24, 2.45) is 5.10 Å². The highest BCUT2D eigenvalue weighted by atomic mass is 79.9. The van der Waals surface area contributed by atoms with Gasteiger partial charge in [-0.3, -0.25) is 8.93 Å². The van der Waals surface area contributed by atoms with Gasteiger partial charge >= 0.3 is 0 Å². The highest BCUT2D eigenvalue weighted by Gasteiger charge is 2.25. The van der Waals surface area contributed by atoms with E-state index in [1.165, 1.54) is 19.3 Å². The fraction of sp³-hybridized carbons (Fsp3) is 0.778. The van der Waals surface area contributed by atoms with Crippen molar-refractivity contribution in [1.29, 1.82) is 5.26 Å². The Labute approximate surface area is 93.5 Å². The molecule has 1 heterocycles. The smallest absolute Gasteiger partial charge is 0.217 e. The Hall–Kier alpha value is -0.760. The molecular formula is C9H15BrN4. The minimum absolute atomic E-state index is 0.281. The molecule has 0 N–H and O–H groups in total. The Morgan fingerprint density at radius 3 is 2.93 bits per heavy atom. The molecule has 0 bridgehead atoms. The first kappa shape index (κ1) is 11.3. The van der Waals surface area contributed by atoms with Crippen molar-refractivity contribution in [2.75, 3.05) is 6.54 Å². The fourth-order valence-electron chi connectivity index (χ4n) is 1.37. The molecule has 0 saturated heterocycles. The van der Waals surface area contributed by atoms with Gasteiger partial charge in [-0.1, -0.05) is 26.2 Å². The molecule has 5 heteroatoms. The molecule has 1 unspecified atom stereocenters. The van der Waals surface area contributed by atoms with E-state index in [2.05, 4.69) is 34.2 Å².